The topological polar surface area (TPSA) is 61.4 Å². The maximum absolute atomic E-state index is 12.3. The molecule has 0 aliphatic rings. The first-order chi connectivity index (χ1) is 10.2. The highest BCUT2D eigenvalue weighted by molar-refractivity contribution is 6.31. The minimum atomic E-state index is -1.13. The van der Waals surface area contributed by atoms with Gasteiger partial charge in [-0.3, -0.25) is 9.59 Å². The minimum Gasteiger partial charge on any atom is -0.354 e. The number of nitrogens with zero attached hydrogens (tertiary/aromatic N) is 1. The number of amides is 2. The summed E-state index contributed by atoms with van der Waals surface area (Å²) in [5.41, 5.74) is -0.311. The zero-order valence-corrected chi connectivity index (χ0v) is 14.3. The van der Waals surface area contributed by atoms with E-state index >= 15 is 0 Å². The maximum Gasteiger partial charge on any atom is 0.235 e. The van der Waals surface area contributed by atoms with E-state index in [4.69, 9.17) is 11.6 Å². The molecule has 0 aromatic heterocycles. The van der Waals surface area contributed by atoms with Gasteiger partial charge >= 0.3 is 0 Å². The number of carbonyl (C=O) groups is 2. The molecule has 6 heteroatoms. The van der Waals surface area contributed by atoms with E-state index in [1.54, 1.807) is 19.9 Å². The molecule has 1 rings (SSSR count). The quantitative estimate of drug-likeness (QED) is 0.750. The number of hydrogen-bond donors (Lipinski definition) is 2. The lowest BCUT2D eigenvalue weighted by molar-refractivity contribution is -0.141. The third kappa shape index (κ3) is 5.31. The molecule has 1 aromatic rings. The van der Waals surface area contributed by atoms with Gasteiger partial charge in [0.2, 0.25) is 11.8 Å². The fraction of sp³-hybridized carbons (Fsp3) is 0.500. The van der Waals surface area contributed by atoms with Crippen LogP contribution in [-0.2, 0) is 16.1 Å². The Morgan fingerprint density at radius 2 is 1.73 bits per heavy atom. The fourth-order valence-electron chi connectivity index (χ4n) is 1.76. The van der Waals surface area contributed by atoms with E-state index in [1.165, 1.54) is 0 Å². The van der Waals surface area contributed by atoms with E-state index in [2.05, 4.69) is 10.6 Å². The van der Waals surface area contributed by atoms with E-state index in [0.717, 1.165) is 12.1 Å². The summed E-state index contributed by atoms with van der Waals surface area (Å²) >= 11 is 6.05. The first-order valence-corrected chi connectivity index (χ1v) is 7.57. The van der Waals surface area contributed by atoms with E-state index in [9.17, 15) is 9.59 Å². The maximum atomic E-state index is 12.3. The summed E-state index contributed by atoms with van der Waals surface area (Å²) in [5.74, 6) is -0.610. The predicted molar refractivity (Wildman–Crippen MR) is 88.6 cm³/mol. The third-order valence-corrected chi connectivity index (χ3v) is 3.75. The normalized spacial score (nSPS) is 11.4. The Morgan fingerprint density at radius 1 is 1.14 bits per heavy atom. The monoisotopic (exact) mass is 325 g/mol. The SMILES string of the molecule is CN(C)CCNC(=O)C(C)(C)C(=O)NCc1ccccc1Cl. The van der Waals surface area contributed by atoms with Crippen LogP contribution in [0.15, 0.2) is 24.3 Å². The van der Waals surface area contributed by atoms with Crippen LogP contribution < -0.4 is 10.6 Å². The smallest absolute Gasteiger partial charge is 0.235 e. The molecule has 122 valence electrons. The van der Waals surface area contributed by atoms with Crippen molar-refractivity contribution in [1.29, 1.82) is 0 Å². The summed E-state index contributed by atoms with van der Waals surface area (Å²) in [6.45, 7) is 4.75. The van der Waals surface area contributed by atoms with Gasteiger partial charge in [-0.25, -0.2) is 0 Å². The third-order valence-electron chi connectivity index (χ3n) is 3.38. The zero-order chi connectivity index (χ0) is 16.8. The highest BCUT2D eigenvalue weighted by atomic mass is 35.5. The number of likely N-dealkylation sites (N-methyl/N-ethyl adjacent to an activating group) is 1. The van der Waals surface area contributed by atoms with Crippen LogP contribution in [-0.4, -0.2) is 43.9 Å². The lowest BCUT2D eigenvalue weighted by atomic mass is 9.91. The standard InChI is InChI=1S/C16H24ClN3O2/c1-16(2,14(21)18-9-10-20(3)4)15(22)19-11-12-7-5-6-8-13(12)17/h5-8H,9-11H2,1-4H3,(H,18,21)(H,19,22). The van der Waals surface area contributed by atoms with Gasteiger partial charge in [-0.1, -0.05) is 29.8 Å². The Bertz CT molecular complexity index is 530. The molecule has 0 heterocycles. The summed E-state index contributed by atoms with van der Waals surface area (Å²) in [6, 6.07) is 7.29. The van der Waals surface area contributed by atoms with E-state index in [0.29, 0.717) is 18.1 Å². The summed E-state index contributed by atoms with van der Waals surface area (Å²) in [7, 11) is 3.85. The molecule has 0 bridgehead atoms. The number of carbonyl (C=O) groups excluding carboxylic acids is 2. The van der Waals surface area contributed by atoms with Crippen molar-refractivity contribution in [3.05, 3.63) is 34.9 Å². The molecule has 0 atom stereocenters. The molecule has 0 saturated carbocycles. The van der Waals surface area contributed by atoms with Gasteiger partial charge < -0.3 is 15.5 Å². The van der Waals surface area contributed by atoms with Crippen molar-refractivity contribution in [1.82, 2.24) is 15.5 Å². The summed E-state index contributed by atoms with van der Waals surface area (Å²) in [6.07, 6.45) is 0. The number of rotatable bonds is 7. The molecule has 0 aliphatic heterocycles. The Balaban J connectivity index is 2.55. The van der Waals surface area contributed by atoms with Crippen LogP contribution in [0.2, 0.25) is 5.02 Å². The second-order valence-corrected chi connectivity index (χ2v) is 6.37. The molecule has 1 aromatic carbocycles. The van der Waals surface area contributed by atoms with Crippen molar-refractivity contribution in [2.75, 3.05) is 27.2 Å². The van der Waals surface area contributed by atoms with Crippen LogP contribution >= 0.6 is 11.6 Å². The molecule has 22 heavy (non-hydrogen) atoms. The lowest BCUT2D eigenvalue weighted by Gasteiger charge is -2.23. The van der Waals surface area contributed by atoms with Crippen molar-refractivity contribution in [3.8, 4) is 0 Å². The van der Waals surface area contributed by atoms with Gasteiger partial charge in [-0.2, -0.15) is 0 Å². The van der Waals surface area contributed by atoms with Crippen molar-refractivity contribution >= 4 is 23.4 Å². The van der Waals surface area contributed by atoms with Crippen molar-refractivity contribution in [2.45, 2.75) is 20.4 Å². The Hall–Kier alpha value is -1.59. The average Bonchev–Trinajstić information content (AvgIpc) is 2.45. The van der Waals surface area contributed by atoms with Crippen LogP contribution in [0.3, 0.4) is 0 Å². The Morgan fingerprint density at radius 3 is 2.32 bits per heavy atom. The van der Waals surface area contributed by atoms with E-state index in [-0.39, 0.29) is 11.8 Å². The molecule has 5 nitrogen and oxygen atoms in total. The predicted octanol–water partition coefficient (Wildman–Crippen LogP) is 1.66. The second-order valence-electron chi connectivity index (χ2n) is 5.96. The van der Waals surface area contributed by atoms with Gasteiger partial charge in [-0.15, -0.1) is 0 Å². The summed E-state index contributed by atoms with van der Waals surface area (Å²) in [5, 5.41) is 6.14. The minimum absolute atomic E-state index is 0.286. The van der Waals surface area contributed by atoms with Crippen molar-refractivity contribution in [3.63, 3.8) is 0 Å². The first-order valence-electron chi connectivity index (χ1n) is 7.20. The van der Waals surface area contributed by atoms with Crippen LogP contribution in [0, 0.1) is 5.41 Å². The first kappa shape index (κ1) is 18.5. The number of halogens is 1. The van der Waals surface area contributed by atoms with Gasteiger partial charge in [0.05, 0.1) is 0 Å². The van der Waals surface area contributed by atoms with E-state index in [1.807, 2.05) is 37.2 Å². The van der Waals surface area contributed by atoms with E-state index < -0.39 is 5.41 Å². The van der Waals surface area contributed by atoms with Crippen LogP contribution in [0.5, 0.6) is 0 Å². The highest BCUT2D eigenvalue weighted by Crippen LogP contribution is 2.18. The molecular weight excluding hydrogens is 302 g/mol. The summed E-state index contributed by atoms with van der Waals surface area (Å²) < 4.78 is 0. The fourth-order valence-corrected chi connectivity index (χ4v) is 1.96. The zero-order valence-electron chi connectivity index (χ0n) is 13.6. The summed E-state index contributed by atoms with van der Waals surface area (Å²) in [4.78, 5) is 26.4. The molecule has 0 unspecified atom stereocenters. The number of hydrogen-bond acceptors (Lipinski definition) is 3. The van der Waals surface area contributed by atoms with Crippen LogP contribution in [0.1, 0.15) is 19.4 Å². The van der Waals surface area contributed by atoms with Gasteiger partial charge in [0.1, 0.15) is 5.41 Å². The van der Waals surface area contributed by atoms with Gasteiger partial charge in [-0.05, 0) is 39.6 Å². The molecule has 0 radical (unpaired) electrons. The molecule has 0 fully saturated rings. The molecule has 2 N–H and O–H groups in total. The van der Waals surface area contributed by atoms with Crippen LogP contribution in [0.25, 0.3) is 0 Å². The lowest BCUT2D eigenvalue weighted by Crippen LogP contribution is -2.48. The highest BCUT2D eigenvalue weighted by Gasteiger charge is 2.35. The molecular formula is C16H24ClN3O2. The van der Waals surface area contributed by atoms with Crippen molar-refractivity contribution in [2.24, 2.45) is 5.41 Å². The van der Waals surface area contributed by atoms with Gasteiger partial charge in [0.25, 0.3) is 0 Å². The molecule has 0 aliphatic carbocycles. The van der Waals surface area contributed by atoms with Crippen LogP contribution in [0.4, 0.5) is 0 Å². The van der Waals surface area contributed by atoms with Gasteiger partial charge in [0, 0.05) is 24.7 Å². The van der Waals surface area contributed by atoms with Crippen molar-refractivity contribution < 1.29 is 9.59 Å². The average molecular weight is 326 g/mol. The Kier molecular flexibility index (Phi) is 6.84. The second kappa shape index (κ2) is 8.15. The molecule has 0 saturated heterocycles. The molecule has 0 spiro atoms. The van der Waals surface area contributed by atoms with Gasteiger partial charge in [0.15, 0.2) is 0 Å². The number of benzene rings is 1. The number of nitrogens with one attached hydrogen (secondary N) is 2. The Labute approximate surface area is 137 Å². The molecule has 2 amide bonds. The largest absolute Gasteiger partial charge is 0.354 e.